The first-order valence-electron chi connectivity index (χ1n) is 8.35. The molecule has 0 N–H and O–H groups in total. The first kappa shape index (κ1) is 18.7. The lowest BCUT2D eigenvalue weighted by molar-refractivity contribution is -0.121. The van der Waals surface area contributed by atoms with Gasteiger partial charge in [-0.15, -0.1) is 0 Å². The zero-order valence-electron chi connectivity index (χ0n) is 14.7. The zero-order valence-corrected chi connectivity index (χ0v) is 16.3. The molecule has 26 heavy (non-hydrogen) atoms. The van der Waals surface area contributed by atoms with Gasteiger partial charge in [-0.2, -0.15) is 0 Å². The number of carbonyl (C=O) groups is 1. The van der Waals surface area contributed by atoms with Gasteiger partial charge in [0.05, 0.1) is 27.2 Å². The minimum atomic E-state index is -3.42. The number of halogens is 1. The van der Waals surface area contributed by atoms with E-state index in [1.54, 1.807) is 25.2 Å². The summed E-state index contributed by atoms with van der Waals surface area (Å²) in [7, 11) is -1.79. The fourth-order valence-electron chi connectivity index (χ4n) is 3.33. The number of amides is 1. The minimum Gasteiger partial charge on any atom is -0.370 e. The molecule has 5 nitrogen and oxygen atoms in total. The second kappa shape index (κ2) is 7.29. The maximum Gasteiger partial charge on any atom is 0.231 e. The van der Waals surface area contributed by atoms with Gasteiger partial charge >= 0.3 is 0 Å². The highest BCUT2D eigenvalue weighted by atomic mass is 35.5. The number of hydrogen-bond donors (Lipinski definition) is 0. The summed E-state index contributed by atoms with van der Waals surface area (Å²) >= 11 is 6.26. The van der Waals surface area contributed by atoms with E-state index < -0.39 is 9.84 Å². The molecule has 1 fully saturated rings. The van der Waals surface area contributed by atoms with Crippen molar-refractivity contribution in [2.75, 3.05) is 36.2 Å². The van der Waals surface area contributed by atoms with E-state index in [4.69, 9.17) is 11.6 Å². The third kappa shape index (κ3) is 3.71. The molecule has 2 aromatic rings. The lowest BCUT2D eigenvalue weighted by Gasteiger charge is -2.24. The van der Waals surface area contributed by atoms with Gasteiger partial charge in [-0.05, 0) is 30.7 Å². The van der Waals surface area contributed by atoms with Gasteiger partial charge in [-0.1, -0.05) is 35.9 Å². The van der Waals surface area contributed by atoms with Crippen LogP contribution in [0.4, 0.5) is 11.4 Å². The summed E-state index contributed by atoms with van der Waals surface area (Å²) in [5.41, 5.74) is 1.33. The third-order valence-electron chi connectivity index (χ3n) is 4.69. The van der Waals surface area contributed by atoms with Gasteiger partial charge < -0.3 is 9.80 Å². The molecule has 1 aliphatic rings. The summed E-state index contributed by atoms with van der Waals surface area (Å²) in [4.78, 5) is 16.7. The standard InChI is InChI=1S/C19H21ClN2O3S/c1-21(17-9-5-6-10-18(17)26(2,24)25)19(23)14-11-12-22(13-14)16-8-4-3-7-15(16)20/h3-10,14H,11-13H2,1-2H3. The Morgan fingerprint density at radius 3 is 2.50 bits per heavy atom. The summed E-state index contributed by atoms with van der Waals surface area (Å²) in [6.07, 6.45) is 1.86. The fraction of sp³-hybridized carbons (Fsp3) is 0.316. The van der Waals surface area contributed by atoms with Gasteiger partial charge in [0.25, 0.3) is 0 Å². The van der Waals surface area contributed by atoms with Gasteiger partial charge in [0, 0.05) is 26.4 Å². The van der Waals surface area contributed by atoms with E-state index in [1.165, 1.54) is 11.0 Å². The predicted molar refractivity (Wildman–Crippen MR) is 105 cm³/mol. The van der Waals surface area contributed by atoms with Crippen LogP contribution in [0.1, 0.15) is 6.42 Å². The van der Waals surface area contributed by atoms with Crippen LogP contribution in [0.5, 0.6) is 0 Å². The predicted octanol–water partition coefficient (Wildman–Crippen LogP) is 3.23. The van der Waals surface area contributed by atoms with E-state index in [-0.39, 0.29) is 16.7 Å². The van der Waals surface area contributed by atoms with Crippen LogP contribution in [0, 0.1) is 5.92 Å². The van der Waals surface area contributed by atoms with Crippen LogP contribution in [0.25, 0.3) is 0 Å². The van der Waals surface area contributed by atoms with Crippen molar-refractivity contribution in [1.82, 2.24) is 0 Å². The topological polar surface area (TPSA) is 57.7 Å². The molecule has 1 atom stereocenters. The number of rotatable bonds is 4. The second-order valence-electron chi connectivity index (χ2n) is 6.52. The molecular formula is C19H21ClN2O3S. The van der Waals surface area contributed by atoms with Crippen molar-refractivity contribution in [3.63, 3.8) is 0 Å². The number of anilines is 2. The van der Waals surface area contributed by atoms with Crippen LogP contribution in [0.15, 0.2) is 53.4 Å². The summed E-state index contributed by atoms with van der Waals surface area (Å²) in [5.74, 6) is -0.292. The molecule has 0 spiro atoms. The average molecular weight is 393 g/mol. The lowest BCUT2D eigenvalue weighted by Crippen LogP contribution is -2.35. The lowest BCUT2D eigenvalue weighted by atomic mass is 10.1. The largest absolute Gasteiger partial charge is 0.370 e. The van der Waals surface area contributed by atoms with E-state index in [0.717, 1.165) is 18.5 Å². The number of sulfone groups is 1. The maximum atomic E-state index is 13.0. The summed E-state index contributed by atoms with van der Waals surface area (Å²) < 4.78 is 24.0. The van der Waals surface area contributed by atoms with Gasteiger partial charge in [0.2, 0.25) is 5.91 Å². The number of nitrogens with zero attached hydrogens (tertiary/aromatic N) is 2. The Kier molecular flexibility index (Phi) is 5.25. The van der Waals surface area contributed by atoms with E-state index in [9.17, 15) is 13.2 Å². The van der Waals surface area contributed by atoms with Gasteiger partial charge in [-0.25, -0.2) is 8.42 Å². The third-order valence-corrected chi connectivity index (χ3v) is 6.15. The van der Waals surface area contributed by atoms with Gasteiger partial charge in [0.15, 0.2) is 9.84 Å². The molecule has 2 aromatic carbocycles. The Labute approximate surface area is 159 Å². The number of para-hydroxylation sites is 2. The van der Waals surface area contributed by atoms with Crippen molar-refractivity contribution in [2.45, 2.75) is 11.3 Å². The molecule has 1 aliphatic heterocycles. The molecule has 1 heterocycles. The highest BCUT2D eigenvalue weighted by molar-refractivity contribution is 7.90. The van der Waals surface area contributed by atoms with E-state index in [1.807, 2.05) is 24.3 Å². The maximum absolute atomic E-state index is 13.0. The molecule has 0 bridgehead atoms. The first-order chi connectivity index (χ1) is 12.3. The Morgan fingerprint density at radius 2 is 1.81 bits per heavy atom. The molecule has 0 saturated carbocycles. The SMILES string of the molecule is CN(C(=O)C1CCN(c2ccccc2Cl)C1)c1ccccc1S(C)(=O)=O. The van der Waals surface area contributed by atoms with Gasteiger partial charge in [0.1, 0.15) is 0 Å². The fourth-order valence-corrected chi connectivity index (χ4v) is 4.50. The molecule has 0 radical (unpaired) electrons. The normalized spacial score (nSPS) is 17.3. The molecule has 0 aromatic heterocycles. The summed E-state index contributed by atoms with van der Waals surface area (Å²) in [6, 6.07) is 14.2. The van der Waals surface area contributed by atoms with Crippen LogP contribution in [0.3, 0.4) is 0 Å². The van der Waals surface area contributed by atoms with Crippen LogP contribution < -0.4 is 9.80 Å². The van der Waals surface area contributed by atoms with Crippen molar-refractivity contribution >= 4 is 38.7 Å². The Bertz CT molecular complexity index is 930. The van der Waals surface area contributed by atoms with Crippen molar-refractivity contribution in [2.24, 2.45) is 5.92 Å². The van der Waals surface area contributed by atoms with Crippen LogP contribution >= 0.6 is 11.6 Å². The van der Waals surface area contributed by atoms with Gasteiger partial charge in [-0.3, -0.25) is 4.79 Å². The van der Waals surface area contributed by atoms with Crippen molar-refractivity contribution in [3.05, 3.63) is 53.6 Å². The Morgan fingerprint density at radius 1 is 1.15 bits per heavy atom. The molecule has 3 rings (SSSR count). The zero-order chi connectivity index (χ0) is 18.9. The van der Waals surface area contributed by atoms with Crippen LogP contribution in [0.2, 0.25) is 5.02 Å². The average Bonchev–Trinajstić information content (AvgIpc) is 3.10. The highest BCUT2D eigenvalue weighted by Crippen LogP contribution is 2.32. The highest BCUT2D eigenvalue weighted by Gasteiger charge is 2.32. The van der Waals surface area contributed by atoms with E-state index in [2.05, 4.69) is 4.90 Å². The molecule has 138 valence electrons. The minimum absolute atomic E-state index is 0.0874. The molecular weight excluding hydrogens is 372 g/mol. The molecule has 7 heteroatoms. The molecule has 1 saturated heterocycles. The van der Waals surface area contributed by atoms with Crippen molar-refractivity contribution in [1.29, 1.82) is 0 Å². The van der Waals surface area contributed by atoms with Crippen molar-refractivity contribution in [3.8, 4) is 0 Å². The Balaban J connectivity index is 1.80. The van der Waals surface area contributed by atoms with Crippen molar-refractivity contribution < 1.29 is 13.2 Å². The Hall–Kier alpha value is -2.05. The molecule has 0 aliphatic carbocycles. The smallest absolute Gasteiger partial charge is 0.231 e. The van der Waals surface area contributed by atoms with Crippen LogP contribution in [-0.2, 0) is 14.6 Å². The summed E-state index contributed by atoms with van der Waals surface area (Å²) in [5, 5.41) is 0.663. The van der Waals surface area contributed by atoms with E-state index in [0.29, 0.717) is 23.7 Å². The molecule has 1 unspecified atom stereocenters. The van der Waals surface area contributed by atoms with E-state index >= 15 is 0 Å². The quantitative estimate of drug-likeness (QED) is 0.801. The first-order valence-corrected chi connectivity index (χ1v) is 10.6. The summed E-state index contributed by atoms with van der Waals surface area (Å²) in [6.45, 7) is 1.30. The number of benzene rings is 2. The monoisotopic (exact) mass is 392 g/mol. The number of hydrogen-bond acceptors (Lipinski definition) is 4. The second-order valence-corrected chi connectivity index (χ2v) is 8.91. The molecule has 1 amide bonds. The van der Waals surface area contributed by atoms with Crippen LogP contribution in [-0.4, -0.2) is 40.7 Å². The number of carbonyl (C=O) groups excluding carboxylic acids is 1.